The zero-order valence-corrected chi connectivity index (χ0v) is 21.9. The summed E-state index contributed by atoms with van der Waals surface area (Å²) >= 11 is 0. The lowest BCUT2D eigenvalue weighted by molar-refractivity contribution is -0.245. The van der Waals surface area contributed by atoms with Crippen LogP contribution < -0.4 is 0 Å². The molecule has 0 N–H and O–H groups in total. The van der Waals surface area contributed by atoms with E-state index in [1.165, 1.54) is 51.4 Å². The fourth-order valence-electron chi connectivity index (χ4n) is 11.9. The SMILES string of the molecule is CC(C)[C@H]1CC[C@H]2[C@]1(C)CC[C@]1(C)[C@H]3CC[C@@]4(C)[C@H](CCC(=O)[C@@H]4C)[C@]3(C)CC[C@@]21C. The molecule has 1 heteroatoms. The third kappa shape index (κ3) is 2.53. The van der Waals surface area contributed by atoms with Gasteiger partial charge in [0.1, 0.15) is 5.78 Å². The number of Topliss-reactive ketones (excluding diaryl/α,β-unsaturated/α-hetero) is 1. The molecule has 5 rings (SSSR count). The maximum absolute atomic E-state index is 12.7. The first-order valence-electron chi connectivity index (χ1n) is 13.9. The first kappa shape index (κ1) is 22.5. The van der Waals surface area contributed by atoms with E-state index in [1.54, 1.807) is 0 Å². The highest BCUT2D eigenvalue weighted by Crippen LogP contribution is 2.78. The Morgan fingerprint density at radius 1 is 0.677 bits per heavy atom. The summed E-state index contributed by atoms with van der Waals surface area (Å²) in [5.74, 6) is 5.07. The van der Waals surface area contributed by atoms with Gasteiger partial charge in [-0.05, 0) is 114 Å². The van der Waals surface area contributed by atoms with E-state index in [-0.39, 0.29) is 11.3 Å². The molecule has 0 amide bonds. The highest BCUT2D eigenvalue weighted by molar-refractivity contribution is 5.82. The van der Waals surface area contributed by atoms with Crippen molar-refractivity contribution in [1.82, 2.24) is 0 Å². The van der Waals surface area contributed by atoms with Crippen molar-refractivity contribution in [3.05, 3.63) is 0 Å². The van der Waals surface area contributed by atoms with E-state index in [9.17, 15) is 4.79 Å². The smallest absolute Gasteiger partial charge is 0.136 e. The quantitative estimate of drug-likeness (QED) is 0.412. The molecule has 0 bridgehead atoms. The molecule has 0 heterocycles. The molecule has 0 spiro atoms. The van der Waals surface area contributed by atoms with E-state index < -0.39 is 0 Å². The van der Waals surface area contributed by atoms with Crippen molar-refractivity contribution in [3.63, 3.8) is 0 Å². The molecule has 176 valence electrons. The molecule has 10 atom stereocenters. The molecule has 0 radical (unpaired) electrons. The summed E-state index contributed by atoms with van der Waals surface area (Å²) in [7, 11) is 0. The van der Waals surface area contributed by atoms with Crippen molar-refractivity contribution in [2.45, 2.75) is 120 Å². The van der Waals surface area contributed by atoms with Crippen molar-refractivity contribution >= 4 is 5.78 Å². The van der Waals surface area contributed by atoms with Gasteiger partial charge in [-0.15, -0.1) is 0 Å². The van der Waals surface area contributed by atoms with Crippen LogP contribution in [0.5, 0.6) is 0 Å². The normalized spacial score (nSPS) is 59.0. The van der Waals surface area contributed by atoms with Crippen LogP contribution in [0.15, 0.2) is 0 Å². The van der Waals surface area contributed by atoms with Crippen molar-refractivity contribution in [2.24, 2.45) is 62.6 Å². The Morgan fingerprint density at radius 2 is 1.26 bits per heavy atom. The van der Waals surface area contributed by atoms with Crippen LogP contribution in [0.1, 0.15) is 120 Å². The summed E-state index contributed by atoms with van der Waals surface area (Å²) in [5, 5.41) is 0. The van der Waals surface area contributed by atoms with Crippen LogP contribution >= 0.6 is 0 Å². The second-order valence-corrected chi connectivity index (χ2v) is 14.7. The van der Waals surface area contributed by atoms with Crippen LogP contribution in [0.25, 0.3) is 0 Å². The molecule has 5 saturated carbocycles. The van der Waals surface area contributed by atoms with Gasteiger partial charge in [0.2, 0.25) is 0 Å². The summed E-state index contributed by atoms with van der Waals surface area (Å²) in [6.45, 7) is 20.6. The van der Waals surface area contributed by atoms with Crippen LogP contribution in [0.4, 0.5) is 0 Å². The molecule has 5 fully saturated rings. The monoisotopic (exact) mass is 426 g/mol. The molecule has 0 unspecified atom stereocenters. The van der Waals surface area contributed by atoms with Gasteiger partial charge in [0, 0.05) is 12.3 Å². The van der Waals surface area contributed by atoms with E-state index >= 15 is 0 Å². The molecule has 1 nitrogen and oxygen atoms in total. The Hall–Kier alpha value is -0.330. The molecule has 0 saturated heterocycles. The van der Waals surface area contributed by atoms with E-state index in [0.717, 1.165) is 42.4 Å². The summed E-state index contributed by atoms with van der Waals surface area (Å²) in [5.41, 5.74) is 2.20. The highest BCUT2D eigenvalue weighted by Gasteiger charge is 2.71. The van der Waals surface area contributed by atoms with Gasteiger partial charge < -0.3 is 0 Å². The molecule has 5 aliphatic rings. The Morgan fingerprint density at radius 3 is 1.87 bits per heavy atom. The Kier molecular flexibility index (Phi) is 4.80. The standard InChI is InChI=1S/C30H50O/c1-19(2)21-9-11-24-27(21,5)15-17-30(8)25-13-14-26(4)20(3)22(31)10-12-23(26)28(25,6)16-18-29(24,30)7/h19-21,23-25H,9-18H2,1-8H3/t20-,21+,23-,24-,25-,26+,27+,28-,29-,30+/m0/s1. The Labute approximate surface area is 192 Å². The molecule has 31 heavy (non-hydrogen) atoms. The van der Waals surface area contributed by atoms with Crippen LogP contribution in [0.2, 0.25) is 0 Å². The number of carbonyl (C=O) groups excluding carboxylic acids is 1. The van der Waals surface area contributed by atoms with Crippen LogP contribution in [-0.4, -0.2) is 5.78 Å². The van der Waals surface area contributed by atoms with E-state index in [4.69, 9.17) is 0 Å². The lowest BCUT2D eigenvalue weighted by Crippen LogP contribution is -2.66. The van der Waals surface area contributed by atoms with Crippen molar-refractivity contribution in [3.8, 4) is 0 Å². The van der Waals surface area contributed by atoms with E-state index in [2.05, 4.69) is 55.4 Å². The number of carbonyl (C=O) groups is 1. The van der Waals surface area contributed by atoms with Crippen LogP contribution in [0, 0.1) is 62.6 Å². The van der Waals surface area contributed by atoms with Gasteiger partial charge in [-0.25, -0.2) is 0 Å². The maximum atomic E-state index is 12.7. The van der Waals surface area contributed by atoms with E-state index in [0.29, 0.717) is 27.4 Å². The molecular formula is C30H50O. The number of hydrogen-bond donors (Lipinski definition) is 0. The molecule has 0 aromatic heterocycles. The largest absolute Gasteiger partial charge is 0.299 e. The lowest BCUT2D eigenvalue weighted by atomic mass is 9.31. The molecule has 0 aromatic rings. The highest BCUT2D eigenvalue weighted by atomic mass is 16.1. The van der Waals surface area contributed by atoms with Crippen molar-refractivity contribution in [1.29, 1.82) is 0 Å². The third-order valence-electron chi connectivity index (χ3n) is 13.9. The Bertz CT molecular complexity index is 768. The van der Waals surface area contributed by atoms with Gasteiger partial charge in [-0.3, -0.25) is 4.79 Å². The third-order valence-corrected chi connectivity index (χ3v) is 13.9. The van der Waals surface area contributed by atoms with Crippen molar-refractivity contribution < 1.29 is 4.79 Å². The Balaban J connectivity index is 1.53. The fraction of sp³-hybridized carbons (Fsp3) is 0.967. The van der Waals surface area contributed by atoms with Crippen LogP contribution in [-0.2, 0) is 4.79 Å². The molecular weight excluding hydrogens is 376 g/mol. The molecule has 5 aliphatic carbocycles. The fourth-order valence-corrected chi connectivity index (χ4v) is 11.9. The number of ketones is 1. The average Bonchev–Trinajstić information content (AvgIpc) is 3.06. The topological polar surface area (TPSA) is 17.1 Å². The maximum Gasteiger partial charge on any atom is 0.136 e. The second-order valence-electron chi connectivity index (χ2n) is 14.7. The summed E-state index contributed by atoms with van der Waals surface area (Å²) < 4.78 is 0. The average molecular weight is 427 g/mol. The van der Waals surface area contributed by atoms with Crippen LogP contribution in [0.3, 0.4) is 0 Å². The minimum atomic E-state index is 0.240. The summed E-state index contributed by atoms with van der Waals surface area (Å²) in [4.78, 5) is 12.7. The number of rotatable bonds is 1. The van der Waals surface area contributed by atoms with Gasteiger partial charge >= 0.3 is 0 Å². The predicted octanol–water partition coefficient (Wildman–Crippen LogP) is 8.31. The minimum absolute atomic E-state index is 0.240. The van der Waals surface area contributed by atoms with E-state index in [1.807, 2.05) is 0 Å². The zero-order chi connectivity index (χ0) is 22.6. The summed E-state index contributed by atoms with van der Waals surface area (Å²) in [6, 6.07) is 0. The number of hydrogen-bond acceptors (Lipinski definition) is 1. The van der Waals surface area contributed by atoms with Gasteiger partial charge in [-0.2, -0.15) is 0 Å². The van der Waals surface area contributed by atoms with Gasteiger partial charge in [0.05, 0.1) is 0 Å². The van der Waals surface area contributed by atoms with Crippen molar-refractivity contribution in [2.75, 3.05) is 0 Å². The zero-order valence-electron chi connectivity index (χ0n) is 21.9. The summed E-state index contributed by atoms with van der Waals surface area (Å²) in [6.07, 6.45) is 13.3. The predicted molar refractivity (Wildman–Crippen MR) is 130 cm³/mol. The van der Waals surface area contributed by atoms with Gasteiger partial charge in [-0.1, -0.05) is 55.4 Å². The van der Waals surface area contributed by atoms with Gasteiger partial charge in [0.15, 0.2) is 0 Å². The van der Waals surface area contributed by atoms with Gasteiger partial charge in [0.25, 0.3) is 0 Å². The lowest BCUT2D eigenvalue weighted by Gasteiger charge is -2.73. The second kappa shape index (κ2) is 6.63. The first-order chi connectivity index (χ1) is 14.3. The first-order valence-corrected chi connectivity index (χ1v) is 13.9. The minimum Gasteiger partial charge on any atom is -0.299 e. The molecule has 0 aliphatic heterocycles. The number of fused-ring (bicyclic) bond motifs is 7. The molecule has 0 aromatic carbocycles.